The third-order valence-electron chi connectivity index (χ3n) is 9.07. The summed E-state index contributed by atoms with van der Waals surface area (Å²) >= 11 is 0. The molecule has 0 radical (unpaired) electrons. The molecule has 0 bridgehead atoms. The average molecular weight is 303 g/mol. The van der Waals surface area contributed by atoms with E-state index >= 15 is 0 Å². The topological polar surface area (TPSA) is 43.1 Å². The number of hydrogen-bond donors (Lipinski definition) is 1. The predicted molar refractivity (Wildman–Crippen MR) is 89.3 cm³/mol. The molecule has 0 saturated heterocycles. The molecule has 0 heterocycles. The molecule has 2 heteroatoms. The zero-order chi connectivity index (χ0) is 15.5. The number of fused-ring (bicyclic) bond motifs is 5. The van der Waals surface area contributed by atoms with E-state index in [4.69, 9.17) is 5.73 Å². The molecule has 4 aliphatic rings. The Morgan fingerprint density at radius 1 is 0.955 bits per heavy atom. The Morgan fingerprint density at radius 2 is 1.77 bits per heavy atom. The molecule has 2 N–H and O–H groups in total. The second kappa shape index (κ2) is 5.06. The maximum absolute atomic E-state index is 11.6. The number of nitrogens with two attached hydrogens (primary N) is 1. The molecular formula is C20H33NO. The van der Waals surface area contributed by atoms with Crippen LogP contribution in [0.4, 0.5) is 0 Å². The largest absolute Gasteiger partial charge is 0.327 e. The van der Waals surface area contributed by atoms with Crippen LogP contribution in [0.25, 0.3) is 0 Å². The predicted octanol–water partition coefficient (Wildman–Crippen LogP) is 4.17. The van der Waals surface area contributed by atoms with Crippen LogP contribution in [0.2, 0.25) is 0 Å². The van der Waals surface area contributed by atoms with Crippen LogP contribution in [0.1, 0.15) is 71.6 Å². The van der Waals surface area contributed by atoms with Gasteiger partial charge in [-0.05, 0) is 85.9 Å². The molecule has 4 aliphatic carbocycles. The molecule has 124 valence electrons. The van der Waals surface area contributed by atoms with Crippen LogP contribution in [-0.2, 0) is 4.79 Å². The lowest BCUT2D eigenvalue weighted by Gasteiger charge is -2.62. The van der Waals surface area contributed by atoms with Crippen molar-refractivity contribution < 1.29 is 4.79 Å². The smallest absolute Gasteiger partial charge is 0.123 e. The fourth-order valence-electron chi connectivity index (χ4n) is 7.66. The minimum atomic E-state index is 0.297. The molecule has 0 spiro atoms. The van der Waals surface area contributed by atoms with Gasteiger partial charge in [0.05, 0.1) is 0 Å². The Bertz CT molecular complexity index is 463. The van der Waals surface area contributed by atoms with Gasteiger partial charge in [-0.2, -0.15) is 0 Å². The summed E-state index contributed by atoms with van der Waals surface area (Å²) in [7, 11) is 0. The summed E-state index contributed by atoms with van der Waals surface area (Å²) in [5.74, 6) is 3.64. The molecule has 2 nitrogen and oxygen atoms in total. The third-order valence-corrected chi connectivity index (χ3v) is 9.07. The van der Waals surface area contributed by atoms with Crippen LogP contribution < -0.4 is 5.73 Å². The maximum atomic E-state index is 11.6. The zero-order valence-electron chi connectivity index (χ0n) is 14.4. The van der Waals surface area contributed by atoms with Gasteiger partial charge in [0.25, 0.3) is 0 Å². The first-order valence-electron chi connectivity index (χ1n) is 9.72. The Balaban J connectivity index is 1.66. The minimum Gasteiger partial charge on any atom is -0.327 e. The van der Waals surface area contributed by atoms with E-state index in [2.05, 4.69) is 13.8 Å². The highest BCUT2D eigenvalue weighted by atomic mass is 16.1. The fraction of sp³-hybridized carbons (Fsp3) is 0.950. The molecule has 0 amide bonds. The van der Waals surface area contributed by atoms with Crippen molar-refractivity contribution in [1.29, 1.82) is 0 Å². The van der Waals surface area contributed by atoms with Gasteiger partial charge in [0.1, 0.15) is 6.29 Å². The lowest BCUT2D eigenvalue weighted by molar-refractivity contribution is -0.129. The lowest BCUT2D eigenvalue weighted by atomic mass is 9.44. The molecule has 0 aromatic heterocycles. The number of rotatable bonds is 1. The van der Waals surface area contributed by atoms with Gasteiger partial charge in [-0.3, -0.25) is 0 Å². The molecule has 4 fully saturated rings. The SMILES string of the molecule is C[C@]12C(N)CCC[C@@H]1CC[C@@H]1[C@@H]2CC[C@]2(C)C(C=O)CC[C@@H]12. The van der Waals surface area contributed by atoms with Gasteiger partial charge < -0.3 is 10.5 Å². The monoisotopic (exact) mass is 303 g/mol. The first kappa shape index (κ1) is 15.2. The number of carbonyl (C=O) groups excluding carboxylic acids is 1. The zero-order valence-corrected chi connectivity index (χ0v) is 14.4. The minimum absolute atomic E-state index is 0.297. The summed E-state index contributed by atoms with van der Waals surface area (Å²) in [4.78, 5) is 11.6. The summed E-state index contributed by atoms with van der Waals surface area (Å²) in [6.07, 6.45) is 13.1. The van der Waals surface area contributed by atoms with Crippen molar-refractivity contribution in [2.45, 2.75) is 77.7 Å². The first-order valence-corrected chi connectivity index (χ1v) is 9.72. The van der Waals surface area contributed by atoms with Crippen molar-refractivity contribution in [3.63, 3.8) is 0 Å². The van der Waals surface area contributed by atoms with E-state index in [0.29, 0.717) is 22.8 Å². The summed E-state index contributed by atoms with van der Waals surface area (Å²) in [5.41, 5.74) is 7.37. The third kappa shape index (κ3) is 1.79. The van der Waals surface area contributed by atoms with E-state index in [1.54, 1.807) is 0 Å². The van der Waals surface area contributed by atoms with Crippen molar-refractivity contribution in [2.75, 3.05) is 0 Å². The second-order valence-electron chi connectivity index (χ2n) is 9.42. The summed E-state index contributed by atoms with van der Waals surface area (Å²) in [5, 5.41) is 0. The van der Waals surface area contributed by atoms with Gasteiger partial charge in [-0.25, -0.2) is 0 Å². The van der Waals surface area contributed by atoms with E-state index in [0.717, 1.165) is 30.1 Å². The first-order chi connectivity index (χ1) is 10.5. The molecule has 0 aromatic rings. The highest BCUT2D eigenvalue weighted by Gasteiger charge is 2.61. The van der Waals surface area contributed by atoms with Gasteiger partial charge in [-0.15, -0.1) is 0 Å². The van der Waals surface area contributed by atoms with Crippen molar-refractivity contribution >= 4 is 6.29 Å². The van der Waals surface area contributed by atoms with E-state index in [9.17, 15) is 4.79 Å². The average Bonchev–Trinajstić information content (AvgIpc) is 2.85. The van der Waals surface area contributed by atoms with E-state index in [1.165, 1.54) is 57.7 Å². The molecule has 4 rings (SSSR count). The van der Waals surface area contributed by atoms with Crippen LogP contribution in [0.5, 0.6) is 0 Å². The van der Waals surface area contributed by atoms with Crippen LogP contribution >= 0.6 is 0 Å². The number of hydrogen-bond acceptors (Lipinski definition) is 2. The number of aldehydes is 1. The summed E-state index contributed by atoms with van der Waals surface area (Å²) in [6.45, 7) is 4.96. The van der Waals surface area contributed by atoms with Crippen molar-refractivity contribution in [1.82, 2.24) is 0 Å². The standard InChI is InChI=1S/C20H33NO/c1-19-11-10-17-15(16(19)9-7-14(19)12-22)8-6-13-4-3-5-18(21)20(13,17)2/h12-18H,3-11,21H2,1-2H3/t13-,14?,15+,16+,17+,18?,19-,20+/m1/s1. The summed E-state index contributed by atoms with van der Waals surface area (Å²) in [6, 6.07) is 0.409. The van der Waals surface area contributed by atoms with Gasteiger partial charge >= 0.3 is 0 Å². The molecule has 2 unspecified atom stereocenters. The van der Waals surface area contributed by atoms with Gasteiger partial charge in [0, 0.05) is 12.0 Å². The molecular weight excluding hydrogens is 270 g/mol. The van der Waals surface area contributed by atoms with E-state index < -0.39 is 0 Å². The normalized spacial score (nSPS) is 57.6. The Labute approximate surface area is 135 Å². The highest BCUT2D eigenvalue weighted by Crippen LogP contribution is 2.66. The van der Waals surface area contributed by atoms with Gasteiger partial charge in [-0.1, -0.05) is 20.3 Å². The Morgan fingerprint density at radius 3 is 2.55 bits per heavy atom. The van der Waals surface area contributed by atoms with Crippen LogP contribution in [0.3, 0.4) is 0 Å². The van der Waals surface area contributed by atoms with Crippen LogP contribution in [0.15, 0.2) is 0 Å². The van der Waals surface area contributed by atoms with E-state index in [-0.39, 0.29) is 0 Å². The maximum Gasteiger partial charge on any atom is 0.123 e. The summed E-state index contributed by atoms with van der Waals surface area (Å²) < 4.78 is 0. The van der Waals surface area contributed by atoms with Crippen molar-refractivity contribution in [3.05, 3.63) is 0 Å². The lowest BCUT2D eigenvalue weighted by Crippen LogP contribution is -2.59. The molecule has 0 aromatic carbocycles. The quantitative estimate of drug-likeness (QED) is 0.739. The van der Waals surface area contributed by atoms with Crippen molar-refractivity contribution in [3.8, 4) is 0 Å². The van der Waals surface area contributed by atoms with Crippen LogP contribution in [-0.4, -0.2) is 12.3 Å². The second-order valence-corrected chi connectivity index (χ2v) is 9.42. The Hall–Kier alpha value is -0.370. The van der Waals surface area contributed by atoms with Gasteiger partial charge in [0.2, 0.25) is 0 Å². The molecule has 22 heavy (non-hydrogen) atoms. The van der Waals surface area contributed by atoms with Crippen LogP contribution in [0, 0.1) is 40.4 Å². The Kier molecular flexibility index (Phi) is 3.49. The highest BCUT2D eigenvalue weighted by molar-refractivity contribution is 5.56. The fourth-order valence-corrected chi connectivity index (χ4v) is 7.66. The van der Waals surface area contributed by atoms with Gasteiger partial charge in [0.15, 0.2) is 0 Å². The molecule has 8 atom stereocenters. The number of carbonyl (C=O) groups is 1. The molecule has 0 aliphatic heterocycles. The van der Waals surface area contributed by atoms with Crippen molar-refractivity contribution in [2.24, 2.45) is 46.2 Å². The molecule has 4 saturated carbocycles. The van der Waals surface area contributed by atoms with E-state index in [1.807, 2.05) is 0 Å².